The minimum Gasteiger partial charge on any atom is -0.455 e. The molecule has 1 aromatic heterocycles. The highest BCUT2D eigenvalue weighted by Crippen LogP contribution is 2.37. The summed E-state index contributed by atoms with van der Waals surface area (Å²) in [5, 5.41) is 6.77. The van der Waals surface area contributed by atoms with Crippen molar-refractivity contribution in [2.75, 3.05) is 54.3 Å². The van der Waals surface area contributed by atoms with Crippen molar-refractivity contribution in [1.29, 1.82) is 0 Å². The molecule has 3 heterocycles. The highest BCUT2D eigenvalue weighted by molar-refractivity contribution is 6.40. The summed E-state index contributed by atoms with van der Waals surface area (Å²) >= 11 is 12.6. The SMILES string of the molecule is CC(=O)Nc1cc(Nc2ncc3c(n2)OCN(c2c(Cl)cccc2Cl)C3=O)ccc1N1CCC(N(C)C)CC1. The van der Waals surface area contributed by atoms with Gasteiger partial charge in [0.05, 0.1) is 27.1 Å². The van der Waals surface area contributed by atoms with E-state index >= 15 is 0 Å². The third-order valence-electron chi connectivity index (χ3n) is 6.87. The molecule has 0 aliphatic carbocycles. The first-order valence-corrected chi connectivity index (χ1v) is 13.3. The Morgan fingerprint density at radius 1 is 1.13 bits per heavy atom. The molecular weight excluding hydrogens is 541 g/mol. The number of hydrogen-bond acceptors (Lipinski definition) is 8. The Bertz CT molecular complexity index is 1390. The van der Waals surface area contributed by atoms with Crippen molar-refractivity contribution in [3.05, 3.63) is 58.2 Å². The van der Waals surface area contributed by atoms with Gasteiger partial charge in [0.2, 0.25) is 17.7 Å². The highest BCUT2D eigenvalue weighted by Gasteiger charge is 2.31. The number of benzene rings is 2. The van der Waals surface area contributed by atoms with Crippen LogP contribution in [0.5, 0.6) is 5.88 Å². The lowest BCUT2D eigenvalue weighted by molar-refractivity contribution is -0.114. The molecule has 39 heavy (non-hydrogen) atoms. The second-order valence-electron chi connectivity index (χ2n) is 9.71. The normalized spacial score (nSPS) is 15.7. The minimum absolute atomic E-state index is 0.0996. The number of carbonyl (C=O) groups excluding carboxylic acids is 2. The first-order valence-electron chi connectivity index (χ1n) is 12.6. The summed E-state index contributed by atoms with van der Waals surface area (Å²) < 4.78 is 5.78. The van der Waals surface area contributed by atoms with Crippen molar-refractivity contribution in [3.63, 3.8) is 0 Å². The molecule has 2 aromatic carbocycles. The van der Waals surface area contributed by atoms with Gasteiger partial charge in [-0.2, -0.15) is 4.98 Å². The number of nitrogens with zero attached hydrogens (tertiary/aromatic N) is 5. The molecule has 0 unspecified atom stereocenters. The molecule has 5 rings (SSSR count). The van der Waals surface area contributed by atoms with Crippen molar-refractivity contribution in [2.45, 2.75) is 25.8 Å². The zero-order chi connectivity index (χ0) is 27.7. The Hall–Kier alpha value is -3.60. The van der Waals surface area contributed by atoms with E-state index in [9.17, 15) is 9.59 Å². The molecule has 2 N–H and O–H groups in total. The molecule has 12 heteroatoms. The second kappa shape index (κ2) is 11.3. The van der Waals surface area contributed by atoms with Crippen LogP contribution in [0.1, 0.15) is 30.1 Å². The number of rotatable bonds is 6. The molecule has 2 aliphatic heterocycles. The Balaban J connectivity index is 1.35. The van der Waals surface area contributed by atoms with Crippen molar-refractivity contribution < 1.29 is 14.3 Å². The van der Waals surface area contributed by atoms with Crippen LogP contribution >= 0.6 is 23.2 Å². The van der Waals surface area contributed by atoms with Crippen molar-refractivity contribution in [1.82, 2.24) is 14.9 Å². The quantitative estimate of drug-likeness (QED) is 0.427. The lowest BCUT2D eigenvalue weighted by Crippen LogP contribution is -2.42. The number of hydrogen-bond donors (Lipinski definition) is 2. The van der Waals surface area contributed by atoms with Gasteiger partial charge in [0.1, 0.15) is 5.56 Å². The number of piperidine rings is 1. The van der Waals surface area contributed by atoms with Crippen LogP contribution in [-0.2, 0) is 4.79 Å². The number of fused-ring (bicyclic) bond motifs is 1. The Labute approximate surface area is 236 Å². The maximum absolute atomic E-state index is 13.2. The summed E-state index contributed by atoms with van der Waals surface area (Å²) in [7, 11) is 4.22. The maximum atomic E-state index is 13.2. The van der Waals surface area contributed by atoms with Gasteiger partial charge in [-0.1, -0.05) is 29.3 Å². The fourth-order valence-corrected chi connectivity index (χ4v) is 5.46. The van der Waals surface area contributed by atoms with Crippen molar-refractivity contribution in [3.8, 4) is 5.88 Å². The van der Waals surface area contributed by atoms with E-state index in [4.69, 9.17) is 27.9 Å². The largest absolute Gasteiger partial charge is 0.455 e. The molecule has 10 nitrogen and oxygen atoms in total. The lowest BCUT2D eigenvalue weighted by Gasteiger charge is -2.37. The fraction of sp³-hybridized carbons (Fsp3) is 0.333. The van der Waals surface area contributed by atoms with E-state index in [1.807, 2.05) is 18.2 Å². The molecule has 0 atom stereocenters. The van der Waals surface area contributed by atoms with Crippen LogP contribution in [-0.4, -0.2) is 66.6 Å². The van der Waals surface area contributed by atoms with E-state index in [2.05, 4.69) is 44.5 Å². The standard InChI is InChI=1S/C27H29Cl2N7O3/c1-16(37)31-22-13-17(7-8-23(22)35-11-9-18(10-12-35)34(2)3)32-27-30-14-19-25(33-27)39-15-36(26(19)38)24-20(28)5-4-6-21(24)29/h4-8,13-14,18H,9-12,15H2,1-3H3,(H,31,37)(H,30,32,33). The summed E-state index contributed by atoms with van der Waals surface area (Å²) in [6.45, 7) is 3.19. The van der Waals surface area contributed by atoms with Crippen LogP contribution in [0.3, 0.4) is 0 Å². The first kappa shape index (κ1) is 27.0. The van der Waals surface area contributed by atoms with Gasteiger partial charge in [-0.15, -0.1) is 0 Å². The Morgan fingerprint density at radius 3 is 2.51 bits per heavy atom. The number of halogens is 2. The number of carbonyl (C=O) groups is 2. The first-order chi connectivity index (χ1) is 18.7. The lowest BCUT2D eigenvalue weighted by atomic mass is 10.0. The van der Waals surface area contributed by atoms with E-state index in [1.165, 1.54) is 18.0 Å². The number of anilines is 5. The van der Waals surface area contributed by atoms with E-state index in [0.717, 1.165) is 31.6 Å². The smallest absolute Gasteiger partial charge is 0.268 e. The van der Waals surface area contributed by atoms with Gasteiger partial charge in [0.15, 0.2) is 6.73 Å². The second-order valence-corrected chi connectivity index (χ2v) is 10.5. The molecule has 204 valence electrons. The van der Waals surface area contributed by atoms with Gasteiger partial charge in [-0.05, 0) is 57.3 Å². The van der Waals surface area contributed by atoms with Crippen molar-refractivity contribution in [2.24, 2.45) is 0 Å². The molecule has 1 saturated heterocycles. The number of para-hydroxylation sites is 1. The number of nitrogens with one attached hydrogen (secondary N) is 2. The molecule has 2 aliphatic rings. The van der Waals surface area contributed by atoms with Gasteiger partial charge in [0.25, 0.3) is 5.91 Å². The summed E-state index contributed by atoms with van der Waals surface area (Å²) in [5.41, 5.74) is 2.91. The van der Waals surface area contributed by atoms with Crippen LogP contribution in [0, 0.1) is 0 Å². The van der Waals surface area contributed by atoms with Gasteiger partial charge >= 0.3 is 0 Å². The third-order valence-corrected chi connectivity index (χ3v) is 7.48. The molecule has 0 spiro atoms. The number of amides is 2. The summed E-state index contributed by atoms with van der Waals surface area (Å²) in [4.78, 5) is 39.8. The summed E-state index contributed by atoms with van der Waals surface area (Å²) in [5.74, 6) is -0.122. The predicted molar refractivity (Wildman–Crippen MR) is 154 cm³/mol. The zero-order valence-electron chi connectivity index (χ0n) is 21.9. The third kappa shape index (κ3) is 5.73. The van der Waals surface area contributed by atoms with Gasteiger partial charge in [0, 0.05) is 37.9 Å². The van der Waals surface area contributed by atoms with E-state index in [-0.39, 0.29) is 35.9 Å². The van der Waals surface area contributed by atoms with E-state index < -0.39 is 0 Å². The average Bonchev–Trinajstić information content (AvgIpc) is 2.90. The van der Waals surface area contributed by atoms with Crippen LogP contribution < -0.4 is 25.2 Å². The van der Waals surface area contributed by atoms with Crippen LogP contribution in [0.25, 0.3) is 0 Å². The zero-order valence-corrected chi connectivity index (χ0v) is 23.4. The minimum atomic E-state index is -0.367. The van der Waals surface area contributed by atoms with Crippen LogP contribution in [0.15, 0.2) is 42.6 Å². The van der Waals surface area contributed by atoms with Gasteiger partial charge < -0.3 is 25.2 Å². The highest BCUT2D eigenvalue weighted by atomic mass is 35.5. The number of aromatic nitrogens is 2. The van der Waals surface area contributed by atoms with Crippen molar-refractivity contribution >= 4 is 63.7 Å². The molecule has 3 aromatic rings. The van der Waals surface area contributed by atoms with E-state index in [0.29, 0.717) is 33.1 Å². The predicted octanol–water partition coefficient (Wildman–Crippen LogP) is 5.01. The summed E-state index contributed by atoms with van der Waals surface area (Å²) in [6, 6.07) is 11.3. The molecule has 0 saturated carbocycles. The molecule has 2 amide bonds. The van der Waals surface area contributed by atoms with E-state index in [1.54, 1.807) is 18.2 Å². The Morgan fingerprint density at radius 2 is 1.85 bits per heavy atom. The molecular formula is C27H29Cl2N7O3. The Kier molecular flexibility index (Phi) is 7.79. The molecule has 1 fully saturated rings. The van der Waals surface area contributed by atoms with Crippen LogP contribution in [0.4, 0.5) is 28.7 Å². The fourth-order valence-electron chi connectivity index (χ4n) is 4.86. The van der Waals surface area contributed by atoms with Crippen LogP contribution in [0.2, 0.25) is 10.0 Å². The molecule has 0 bridgehead atoms. The maximum Gasteiger partial charge on any atom is 0.268 e. The topological polar surface area (TPSA) is 103 Å². The van der Waals surface area contributed by atoms with Gasteiger partial charge in [-0.3, -0.25) is 14.5 Å². The number of ether oxygens (including phenoxy) is 1. The average molecular weight is 570 g/mol. The summed E-state index contributed by atoms with van der Waals surface area (Å²) in [6.07, 6.45) is 3.50. The molecule has 0 radical (unpaired) electrons. The monoisotopic (exact) mass is 569 g/mol. The van der Waals surface area contributed by atoms with Gasteiger partial charge in [-0.25, -0.2) is 4.98 Å².